The zero-order valence-electron chi connectivity index (χ0n) is 10.1. The van der Waals surface area contributed by atoms with Gasteiger partial charge in [0.15, 0.2) is 0 Å². The molecule has 0 aliphatic rings. The van der Waals surface area contributed by atoms with E-state index in [4.69, 9.17) is 10.8 Å². The molecular formula is C11H20N4O. The van der Waals surface area contributed by atoms with Crippen LogP contribution in [0.25, 0.3) is 0 Å². The lowest BCUT2D eigenvalue weighted by molar-refractivity contribution is 0.156. The molecule has 0 spiro atoms. The van der Waals surface area contributed by atoms with Crippen LogP contribution in [0.15, 0.2) is 6.07 Å². The van der Waals surface area contributed by atoms with E-state index in [-0.39, 0.29) is 6.61 Å². The maximum absolute atomic E-state index is 8.97. The van der Waals surface area contributed by atoms with Crippen molar-refractivity contribution >= 4 is 5.82 Å². The molecule has 5 heteroatoms. The summed E-state index contributed by atoms with van der Waals surface area (Å²) in [4.78, 5) is 10.6. The first-order valence-electron chi connectivity index (χ1n) is 5.48. The third kappa shape index (κ3) is 3.75. The van der Waals surface area contributed by atoms with Gasteiger partial charge in [0.2, 0.25) is 0 Å². The van der Waals surface area contributed by atoms with Crippen LogP contribution in [0.2, 0.25) is 0 Å². The van der Waals surface area contributed by atoms with Crippen LogP contribution < -0.4 is 5.73 Å². The Bertz CT molecular complexity index is 321. The van der Waals surface area contributed by atoms with E-state index in [2.05, 4.69) is 28.7 Å². The molecule has 16 heavy (non-hydrogen) atoms. The molecule has 0 fully saturated rings. The molecule has 0 aliphatic carbocycles. The van der Waals surface area contributed by atoms with E-state index >= 15 is 0 Å². The summed E-state index contributed by atoms with van der Waals surface area (Å²) in [6.07, 6.45) is 0. The standard InChI is InChI=1S/C11H20N4O/c1-8(2)15(4-5-16)7-11-13-9(3)6-10(12)14-11/h6,8,16H,4-5,7H2,1-3H3,(H2,12,13,14). The molecule has 1 aromatic rings. The van der Waals surface area contributed by atoms with Crippen molar-refractivity contribution in [2.45, 2.75) is 33.4 Å². The van der Waals surface area contributed by atoms with Crippen molar-refractivity contribution in [3.63, 3.8) is 0 Å². The quantitative estimate of drug-likeness (QED) is 0.764. The number of nitrogens with two attached hydrogens (primary N) is 1. The zero-order valence-corrected chi connectivity index (χ0v) is 10.1. The largest absolute Gasteiger partial charge is 0.395 e. The summed E-state index contributed by atoms with van der Waals surface area (Å²) >= 11 is 0. The lowest BCUT2D eigenvalue weighted by atomic mass is 10.3. The molecule has 1 aromatic heterocycles. The van der Waals surface area contributed by atoms with Gasteiger partial charge in [0, 0.05) is 24.3 Å². The predicted octanol–water partition coefficient (Wildman–Crippen LogP) is 0.570. The Morgan fingerprint density at radius 1 is 1.44 bits per heavy atom. The summed E-state index contributed by atoms with van der Waals surface area (Å²) in [6, 6.07) is 2.09. The molecule has 0 bridgehead atoms. The second kappa shape index (κ2) is 5.77. The number of nitrogen functional groups attached to an aromatic ring is 1. The van der Waals surface area contributed by atoms with Crippen LogP contribution in [0.1, 0.15) is 25.4 Å². The fourth-order valence-corrected chi connectivity index (χ4v) is 1.56. The maximum Gasteiger partial charge on any atom is 0.144 e. The van der Waals surface area contributed by atoms with E-state index in [1.807, 2.05) is 6.92 Å². The van der Waals surface area contributed by atoms with Gasteiger partial charge in [0.1, 0.15) is 11.6 Å². The van der Waals surface area contributed by atoms with E-state index in [1.54, 1.807) is 6.07 Å². The molecule has 0 aliphatic heterocycles. The number of nitrogens with zero attached hydrogens (tertiary/aromatic N) is 3. The number of aliphatic hydroxyl groups excluding tert-OH is 1. The van der Waals surface area contributed by atoms with Crippen molar-refractivity contribution in [2.75, 3.05) is 18.9 Å². The molecule has 0 atom stereocenters. The van der Waals surface area contributed by atoms with Crippen molar-refractivity contribution in [2.24, 2.45) is 0 Å². The van der Waals surface area contributed by atoms with Gasteiger partial charge < -0.3 is 10.8 Å². The van der Waals surface area contributed by atoms with E-state index in [9.17, 15) is 0 Å². The van der Waals surface area contributed by atoms with Gasteiger partial charge in [-0.05, 0) is 20.8 Å². The molecule has 0 saturated carbocycles. The van der Waals surface area contributed by atoms with Crippen molar-refractivity contribution in [1.29, 1.82) is 0 Å². The Kier molecular flexibility index (Phi) is 4.64. The summed E-state index contributed by atoms with van der Waals surface area (Å²) in [5, 5.41) is 8.97. The number of anilines is 1. The molecule has 0 radical (unpaired) electrons. The van der Waals surface area contributed by atoms with Crippen LogP contribution in [0.4, 0.5) is 5.82 Å². The third-order valence-electron chi connectivity index (χ3n) is 2.38. The first-order valence-corrected chi connectivity index (χ1v) is 5.48. The number of rotatable bonds is 5. The van der Waals surface area contributed by atoms with Crippen LogP contribution in [0.3, 0.4) is 0 Å². The zero-order chi connectivity index (χ0) is 12.1. The topological polar surface area (TPSA) is 75.3 Å². The molecule has 1 heterocycles. The highest BCUT2D eigenvalue weighted by atomic mass is 16.3. The van der Waals surface area contributed by atoms with Crippen molar-refractivity contribution in [3.8, 4) is 0 Å². The van der Waals surface area contributed by atoms with E-state index in [1.165, 1.54) is 0 Å². The minimum absolute atomic E-state index is 0.138. The number of aliphatic hydroxyl groups is 1. The lowest BCUT2D eigenvalue weighted by Gasteiger charge is -2.24. The second-order valence-electron chi connectivity index (χ2n) is 4.14. The van der Waals surface area contributed by atoms with Crippen LogP contribution in [0.5, 0.6) is 0 Å². The van der Waals surface area contributed by atoms with Crippen molar-refractivity contribution in [1.82, 2.24) is 14.9 Å². The number of aryl methyl sites for hydroxylation is 1. The van der Waals surface area contributed by atoms with Crippen molar-refractivity contribution < 1.29 is 5.11 Å². The van der Waals surface area contributed by atoms with Crippen LogP contribution in [-0.2, 0) is 6.54 Å². The predicted molar refractivity (Wildman–Crippen MR) is 63.8 cm³/mol. The third-order valence-corrected chi connectivity index (χ3v) is 2.38. The summed E-state index contributed by atoms with van der Waals surface area (Å²) < 4.78 is 0. The molecule has 90 valence electrons. The normalized spacial score (nSPS) is 11.4. The molecule has 5 nitrogen and oxygen atoms in total. The Morgan fingerprint density at radius 2 is 2.12 bits per heavy atom. The molecule has 1 rings (SSSR count). The van der Waals surface area contributed by atoms with Crippen LogP contribution in [-0.4, -0.2) is 39.2 Å². The first kappa shape index (κ1) is 12.9. The van der Waals surface area contributed by atoms with Gasteiger partial charge in [-0.3, -0.25) is 4.90 Å². The summed E-state index contributed by atoms with van der Waals surface area (Å²) in [6.45, 7) is 7.43. The lowest BCUT2D eigenvalue weighted by Crippen LogP contribution is -2.33. The number of hydrogen-bond acceptors (Lipinski definition) is 5. The van der Waals surface area contributed by atoms with Gasteiger partial charge in [0.25, 0.3) is 0 Å². The molecule has 0 saturated heterocycles. The summed E-state index contributed by atoms with van der Waals surface area (Å²) in [5.41, 5.74) is 6.54. The number of aromatic nitrogens is 2. The SMILES string of the molecule is Cc1cc(N)nc(CN(CCO)C(C)C)n1. The van der Waals surface area contributed by atoms with Gasteiger partial charge in [0.05, 0.1) is 13.2 Å². The highest BCUT2D eigenvalue weighted by molar-refractivity contribution is 5.29. The Balaban J connectivity index is 2.76. The van der Waals surface area contributed by atoms with E-state index in [0.717, 1.165) is 5.69 Å². The second-order valence-corrected chi connectivity index (χ2v) is 4.14. The molecule has 0 aromatic carbocycles. The van der Waals surface area contributed by atoms with Gasteiger partial charge in [-0.15, -0.1) is 0 Å². The maximum atomic E-state index is 8.97. The molecule has 3 N–H and O–H groups in total. The minimum Gasteiger partial charge on any atom is -0.395 e. The number of hydrogen-bond donors (Lipinski definition) is 2. The smallest absolute Gasteiger partial charge is 0.144 e. The summed E-state index contributed by atoms with van der Waals surface area (Å²) in [5.74, 6) is 1.20. The van der Waals surface area contributed by atoms with Gasteiger partial charge in [-0.25, -0.2) is 9.97 Å². The van der Waals surface area contributed by atoms with Gasteiger partial charge >= 0.3 is 0 Å². The van der Waals surface area contributed by atoms with Crippen LogP contribution in [0, 0.1) is 6.92 Å². The van der Waals surface area contributed by atoms with Crippen LogP contribution >= 0.6 is 0 Å². The molecule has 0 unspecified atom stereocenters. The average Bonchev–Trinajstić information content (AvgIpc) is 2.15. The average molecular weight is 224 g/mol. The highest BCUT2D eigenvalue weighted by Crippen LogP contribution is 2.07. The Labute approximate surface area is 96.3 Å². The minimum atomic E-state index is 0.138. The molecular weight excluding hydrogens is 204 g/mol. The van der Waals surface area contributed by atoms with Gasteiger partial charge in [-0.1, -0.05) is 0 Å². The fraction of sp³-hybridized carbons (Fsp3) is 0.636. The fourth-order valence-electron chi connectivity index (χ4n) is 1.56. The van der Waals surface area contributed by atoms with E-state index < -0.39 is 0 Å². The van der Waals surface area contributed by atoms with Crippen molar-refractivity contribution in [3.05, 3.63) is 17.6 Å². The Hall–Kier alpha value is -1.20. The monoisotopic (exact) mass is 224 g/mol. The molecule has 0 amide bonds. The highest BCUT2D eigenvalue weighted by Gasteiger charge is 2.11. The Morgan fingerprint density at radius 3 is 2.62 bits per heavy atom. The van der Waals surface area contributed by atoms with E-state index in [0.29, 0.717) is 30.8 Å². The first-order chi connectivity index (χ1) is 7.52. The summed E-state index contributed by atoms with van der Waals surface area (Å²) in [7, 11) is 0. The van der Waals surface area contributed by atoms with Gasteiger partial charge in [-0.2, -0.15) is 0 Å².